The summed E-state index contributed by atoms with van der Waals surface area (Å²) in [5, 5.41) is 7.16. The number of nitrogens with zero attached hydrogens (tertiary/aromatic N) is 4. The summed E-state index contributed by atoms with van der Waals surface area (Å²) < 4.78 is 54.3. The molecule has 0 spiro atoms. The number of amides is 1. The van der Waals surface area contributed by atoms with Gasteiger partial charge in [-0.15, -0.1) is 0 Å². The second-order valence-electron chi connectivity index (χ2n) is 9.25. The van der Waals surface area contributed by atoms with E-state index in [1.165, 1.54) is 0 Å². The molecule has 0 unspecified atom stereocenters. The molecule has 0 aliphatic rings. The van der Waals surface area contributed by atoms with E-state index in [2.05, 4.69) is 20.3 Å². The molecule has 1 aromatic rings. The van der Waals surface area contributed by atoms with E-state index in [4.69, 9.17) is 52.9 Å². The highest BCUT2D eigenvalue weighted by Crippen LogP contribution is 2.29. The minimum atomic E-state index is 0.0143. The van der Waals surface area contributed by atoms with E-state index in [1.54, 1.807) is 27.8 Å². The maximum atomic E-state index is 11.9. The van der Waals surface area contributed by atoms with Crippen molar-refractivity contribution in [3.63, 3.8) is 0 Å². The third kappa shape index (κ3) is 34.1. The quantitative estimate of drug-likeness (QED) is 0.0346. The number of rotatable bonds is 38. The fraction of sp³-hybridized carbons (Fsp3) is 0.800. The molecular weight excluding hydrogens is 670 g/mol. The van der Waals surface area contributed by atoms with Gasteiger partial charge in [-0.25, -0.2) is 4.98 Å². The summed E-state index contributed by atoms with van der Waals surface area (Å²) in [5.41, 5.74) is 8.14. The SMILES string of the molecule is [N-]=[N+]=NCCOCCOCCOCCOCCOCCOCCOCCOCCOCCOCCNC(=O)CCSSc1ccccn1. The van der Waals surface area contributed by atoms with Crippen molar-refractivity contribution >= 4 is 27.5 Å². The van der Waals surface area contributed by atoms with Crippen molar-refractivity contribution in [1.82, 2.24) is 10.3 Å². The first-order valence-corrected chi connectivity index (χ1v) is 18.4. The largest absolute Gasteiger partial charge is 0.379 e. The predicted octanol–water partition coefficient (Wildman–Crippen LogP) is 2.80. The second-order valence-corrected chi connectivity index (χ2v) is 11.7. The van der Waals surface area contributed by atoms with Crippen molar-refractivity contribution in [2.75, 3.05) is 151 Å². The van der Waals surface area contributed by atoms with Crippen LogP contribution in [0, 0.1) is 0 Å². The van der Waals surface area contributed by atoms with Gasteiger partial charge in [0.15, 0.2) is 0 Å². The van der Waals surface area contributed by atoms with E-state index in [1.807, 2.05) is 18.2 Å². The molecule has 0 aliphatic carbocycles. The van der Waals surface area contributed by atoms with Crippen LogP contribution in [0.15, 0.2) is 34.5 Å². The number of ether oxygens (including phenoxy) is 10. The molecule has 48 heavy (non-hydrogen) atoms. The van der Waals surface area contributed by atoms with Crippen molar-refractivity contribution in [3.05, 3.63) is 34.8 Å². The smallest absolute Gasteiger partial charge is 0.220 e. The first-order valence-electron chi connectivity index (χ1n) is 16.1. The molecular formula is C30H53N5O11S2. The number of hydrogen-bond acceptors (Lipinski definition) is 15. The van der Waals surface area contributed by atoms with E-state index in [-0.39, 0.29) is 5.91 Å². The van der Waals surface area contributed by atoms with Crippen LogP contribution in [0.1, 0.15) is 6.42 Å². The number of aromatic nitrogens is 1. The van der Waals surface area contributed by atoms with Crippen molar-refractivity contribution in [2.24, 2.45) is 5.11 Å². The number of pyridine rings is 1. The van der Waals surface area contributed by atoms with E-state index in [0.717, 1.165) is 10.8 Å². The Kier molecular flexibility index (Phi) is 35.1. The molecule has 0 aromatic carbocycles. The molecule has 0 bridgehead atoms. The van der Waals surface area contributed by atoms with Gasteiger partial charge in [0.2, 0.25) is 5.91 Å². The molecule has 0 aliphatic heterocycles. The molecule has 16 nitrogen and oxygen atoms in total. The van der Waals surface area contributed by atoms with Crippen molar-refractivity contribution in [2.45, 2.75) is 11.4 Å². The van der Waals surface area contributed by atoms with Crippen molar-refractivity contribution in [3.8, 4) is 0 Å². The lowest BCUT2D eigenvalue weighted by Gasteiger charge is -2.09. The van der Waals surface area contributed by atoms with E-state index >= 15 is 0 Å². The lowest BCUT2D eigenvalue weighted by atomic mass is 10.4. The maximum Gasteiger partial charge on any atom is 0.220 e. The molecule has 1 heterocycles. The molecule has 1 N–H and O–H groups in total. The Labute approximate surface area is 291 Å². The third-order valence-corrected chi connectivity index (χ3v) is 7.78. The normalized spacial score (nSPS) is 11.1. The summed E-state index contributed by atoms with van der Waals surface area (Å²) in [7, 11) is 3.18. The summed E-state index contributed by atoms with van der Waals surface area (Å²) in [6.07, 6.45) is 2.21. The standard InChI is InChI=1S/C30H53N5O11S2/c31-35-34-7-9-38-11-13-40-15-17-42-19-21-44-23-25-46-27-26-45-24-22-43-20-18-41-16-14-39-12-10-37-8-6-32-29(36)4-28-47-48-30-3-1-2-5-33-30/h1-3,5H,4,6-28H2,(H,32,36). The zero-order valence-corrected chi connectivity index (χ0v) is 29.5. The number of nitrogens with one attached hydrogen (secondary N) is 1. The molecule has 0 radical (unpaired) electrons. The summed E-state index contributed by atoms with van der Waals surface area (Å²) in [5.74, 6) is 0.736. The Bertz CT molecular complexity index is 881. The summed E-state index contributed by atoms with van der Waals surface area (Å²) in [4.78, 5) is 18.7. The van der Waals surface area contributed by atoms with Crippen LogP contribution in [0.25, 0.3) is 10.4 Å². The van der Waals surface area contributed by atoms with Crippen LogP contribution < -0.4 is 5.32 Å². The third-order valence-electron chi connectivity index (χ3n) is 5.51. The van der Waals surface area contributed by atoms with Gasteiger partial charge in [-0.2, -0.15) is 0 Å². The summed E-state index contributed by atoms with van der Waals surface area (Å²) in [6.45, 7) is 10.3. The van der Waals surface area contributed by atoms with Crippen LogP contribution >= 0.6 is 21.6 Å². The number of azide groups is 1. The minimum Gasteiger partial charge on any atom is -0.379 e. The average molecular weight is 724 g/mol. The molecule has 1 rings (SSSR count). The van der Waals surface area contributed by atoms with Gasteiger partial charge in [-0.3, -0.25) is 4.79 Å². The van der Waals surface area contributed by atoms with Crippen LogP contribution in [0.4, 0.5) is 0 Å². The van der Waals surface area contributed by atoms with Gasteiger partial charge in [-0.1, -0.05) is 22.0 Å². The van der Waals surface area contributed by atoms with Crippen LogP contribution in [0.2, 0.25) is 0 Å². The zero-order chi connectivity index (χ0) is 34.3. The first kappa shape index (κ1) is 44.3. The fourth-order valence-corrected chi connectivity index (χ4v) is 5.08. The fourth-order valence-electron chi connectivity index (χ4n) is 3.22. The van der Waals surface area contributed by atoms with Crippen LogP contribution in [0.3, 0.4) is 0 Å². The molecule has 0 fully saturated rings. The highest BCUT2D eigenvalue weighted by Gasteiger charge is 2.02. The molecule has 0 saturated heterocycles. The topological polar surface area (TPSA) is 183 Å². The first-order chi connectivity index (χ1) is 23.8. The van der Waals surface area contributed by atoms with Gasteiger partial charge >= 0.3 is 0 Å². The Morgan fingerprint density at radius 2 is 1.06 bits per heavy atom. The highest BCUT2D eigenvalue weighted by atomic mass is 33.1. The van der Waals surface area contributed by atoms with Gasteiger partial charge in [0, 0.05) is 36.4 Å². The monoisotopic (exact) mass is 723 g/mol. The Balaban J connectivity index is 1.64. The van der Waals surface area contributed by atoms with Crippen molar-refractivity contribution in [1.29, 1.82) is 0 Å². The Hall–Kier alpha value is -1.77. The number of hydrogen-bond donors (Lipinski definition) is 1. The molecule has 1 amide bonds. The minimum absolute atomic E-state index is 0.0143. The van der Waals surface area contributed by atoms with E-state index < -0.39 is 0 Å². The van der Waals surface area contributed by atoms with Crippen LogP contribution in [0.5, 0.6) is 0 Å². The van der Waals surface area contributed by atoms with Gasteiger partial charge < -0.3 is 52.7 Å². The summed E-state index contributed by atoms with van der Waals surface area (Å²) in [6, 6.07) is 5.77. The van der Waals surface area contributed by atoms with Gasteiger partial charge in [0.25, 0.3) is 0 Å². The maximum absolute atomic E-state index is 11.9. The van der Waals surface area contributed by atoms with Gasteiger partial charge in [-0.05, 0) is 28.5 Å². The molecule has 1 aromatic heterocycles. The summed E-state index contributed by atoms with van der Waals surface area (Å²) >= 11 is 0. The predicted molar refractivity (Wildman–Crippen MR) is 182 cm³/mol. The van der Waals surface area contributed by atoms with Crippen LogP contribution in [-0.4, -0.2) is 162 Å². The van der Waals surface area contributed by atoms with Gasteiger partial charge in [0.05, 0.1) is 132 Å². The molecule has 276 valence electrons. The lowest BCUT2D eigenvalue weighted by Crippen LogP contribution is -2.27. The average Bonchev–Trinajstić information content (AvgIpc) is 3.10. The highest BCUT2D eigenvalue weighted by molar-refractivity contribution is 8.76. The van der Waals surface area contributed by atoms with Crippen molar-refractivity contribution < 1.29 is 52.2 Å². The second kappa shape index (κ2) is 38.0. The molecule has 18 heteroatoms. The van der Waals surface area contributed by atoms with Crippen LogP contribution in [-0.2, 0) is 52.2 Å². The Morgan fingerprint density at radius 3 is 1.46 bits per heavy atom. The van der Waals surface area contributed by atoms with E-state index in [9.17, 15) is 4.79 Å². The number of carbonyl (C=O) groups excluding carboxylic acids is 1. The Morgan fingerprint density at radius 1 is 0.646 bits per heavy atom. The van der Waals surface area contributed by atoms with E-state index in [0.29, 0.717) is 152 Å². The lowest BCUT2D eigenvalue weighted by molar-refractivity contribution is -0.120. The molecule has 0 saturated carbocycles. The number of carbonyl (C=O) groups is 1. The van der Waals surface area contributed by atoms with Gasteiger partial charge in [0.1, 0.15) is 5.03 Å². The molecule has 0 atom stereocenters. The zero-order valence-electron chi connectivity index (χ0n) is 27.9.